The molecule has 0 saturated carbocycles. The molecule has 3 rings (SSSR count). The molecule has 0 aliphatic heterocycles. The Morgan fingerprint density at radius 2 is 1.74 bits per heavy atom. The molecule has 0 aliphatic carbocycles. The van der Waals surface area contributed by atoms with Crippen LogP contribution in [0.5, 0.6) is 5.75 Å². The first-order valence-electron chi connectivity index (χ1n) is 10.8. The maximum atomic E-state index is 12.8. The molecule has 1 aromatic heterocycles. The number of carbonyl (C=O) groups excluding carboxylic acids is 1. The molecule has 0 saturated heterocycles. The normalized spacial score (nSPS) is 12.0. The van der Waals surface area contributed by atoms with Gasteiger partial charge in [0.2, 0.25) is 0 Å². The second kappa shape index (κ2) is 10.7. The van der Waals surface area contributed by atoms with Crippen LogP contribution in [-0.2, 0) is 28.1 Å². The van der Waals surface area contributed by atoms with Crippen molar-refractivity contribution in [2.45, 2.75) is 56.7 Å². The van der Waals surface area contributed by atoms with Gasteiger partial charge in [0.15, 0.2) is 5.60 Å². The summed E-state index contributed by atoms with van der Waals surface area (Å²) < 4.78 is 49.3. The Morgan fingerprint density at radius 1 is 1.09 bits per heavy atom. The van der Waals surface area contributed by atoms with E-state index in [1.165, 1.54) is 28.7 Å². The monoisotopic (exact) mass is 509 g/mol. The van der Waals surface area contributed by atoms with Crippen LogP contribution in [0.3, 0.4) is 0 Å². The Hall–Kier alpha value is -3.05. The van der Waals surface area contributed by atoms with Gasteiger partial charge in [-0.2, -0.15) is 28.2 Å². The number of aliphatic hydroxyl groups excluding tert-OH is 1. The van der Waals surface area contributed by atoms with E-state index >= 15 is 0 Å². The number of benzene rings is 2. The summed E-state index contributed by atoms with van der Waals surface area (Å²) in [7, 11) is 0. The molecule has 0 radical (unpaired) electrons. The van der Waals surface area contributed by atoms with Crippen LogP contribution in [0.4, 0.5) is 13.2 Å². The van der Waals surface area contributed by atoms with Gasteiger partial charge in [0.1, 0.15) is 11.4 Å². The molecule has 0 aliphatic rings. The lowest BCUT2D eigenvalue weighted by Gasteiger charge is -2.25. The van der Waals surface area contributed by atoms with Gasteiger partial charge < -0.3 is 14.6 Å². The molecule has 0 fully saturated rings. The highest BCUT2D eigenvalue weighted by Crippen LogP contribution is 2.31. The highest BCUT2D eigenvalue weighted by Gasteiger charge is 2.32. The average Bonchev–Trinajstić information content (AvgIpc) is 3.22. The molecule has 2 aromatic carbocycles. The van der Waals surface area contributed by atoms with Gasteiger partial charge in [0.05, 0.1) is 30.2 Å². The van der Waals surface area contributed by atoms with E-state index < -0.39 is 23.3 Å². The molecule has 0 spiro atoms. The van der Waals surface area contributed by atoms with Crippen molar-refractivity contribution in [3.8, 4) is 11.4 Å². The lowest BCUT2D eigenvalue weighted by molar-refractivity contribution is -0.158. The Bertz CT molecular complexity index is 1180. The zero-order chi connectivity index (χ0) is 25.8. The smallest absolute Gasteiger partial charge is 0.416 e. The first kappa shape index (κ1) is 26.6. The summed E-state index contributed by atoms with van der Waals surface area (Å²) in [6, 6.07) is 9.99. The molecular formula is C24H26F3N3O4S. The molecule has 3 aromatic rings. The van der Waals surface area contributed by atoms with E-state index in [0.29, 0.717) is 28.6 Å². The number of halogens is 3. The third-order valence-corrected chi connectivity index (χ3v) is 6.00. The van der Waals surface area contributed by atoms with Crippen LogP contribution in [0, 0.1) is 6.92 Å². The predicted octanol–water partition coefficient (Wildman–Crippen LogP) is 5.10. The number of aryl methyl sites for hydroxylation is 1. The van der Waals surface area contributed by atoms with Gasteiger partial charge in [0, 0.05) is 10.6 Å². The molecule has 0 amide bonds. The zero-order valence-corrected chi connectivity index (χ0v) is 20.5. The lowest BCUT2D eigenvalue weighted by Crippen LogP contribution is -2.39. The van der Waals surface area contributed by atoms with Crippen molar-refractivity contribution in [3.05, 3.63) is 65.0 Å². The SMILES string of the molecule is CCOC(=O)C(C)(C)Oc1ccc(SCc2nn(-c3ccc(C(F)(F)F)cc3)nc2CO)cc1C. The number of aliphatic hydroxyl groups is 1. The summed E-state index contributed by atoms with van der Waals surface area (Å²) >= 11 is 1.45. The number of ether oxygens (including phenoxy) is 2. The fraction of sp³-hybridized carbons (Fsp3) is 0.375. The van der Waals surface area contributed by atoms with Crippen molar-refractivity contribution < 1.29 is 32.5 Å². The van der Waals surface area contributed by atoms with E-state index in [9.17, 15) is 23.1 Å². The van der Waals surface area contributed by atoms with Crippen molar-refractivity contribution in [3.63, 3.8) is 0 Å². The van der Waals surface area contributed by atoms with Crippen molar-refractivity contribution in [1.82, 2.24) is 15.0 Å². The minimum atomic E-state index is -4.43. The summed E-state index contributed by atoms with van der Waals surface area (Å²) in [4.78, 5) is 14.2. The molecule has 188 valence electrons. The van der Waals surface area contributed by atoms with E-state index in [1.807, 2.05) is 19.1 Å². The van der Waals surface area contributed by atoms with Crippen molar-refractivity contribution >= 4 is 17.7 Å². The number of aromatic nitrogens is 3. The maximum Gasteiger partial charge on any atom is 0.416 e. The van der Waals surface area contributed by atoms with E-state index in [-0.39, 0.29) is 13.2 Å². The van der Waals surface area contributed by atoms with E-state index in [2.05, 4.69) is 10.2 Å². The summed E-state index contributed by atoms with van der Waals surface area (Å²) in [5.74, 6) is 0.479. The van der Waals surface area contributed by atoms with Gasteiger partial charge in [-0.3, -0.25) is 0 Å². The summed E-state index contributed by atoms with van der Waals surface area (Å²) in [5, 5.41) is 18.2. The van der Waals surface area contributed by atoms with E-state index in [0.717, 1.165) is 22.6 Å². The molecule has 11 heteroatoms. The van der Waals surface area contributed by atoms with Crippen molar-refractivity contribution in [2.24, 2.45) is 0 Å². The molecule has 1 N–H and O–H groups in total. The standard InChI is InChI=1S/C24H26F3N3O4S/c1-5-33-22(32)23(3,4)34-21-11-10-18(12-15(21)2)35-14-20-19(13-31)28-30(29-20)17-8-6-16(7-9-17)24(25,26)27/h6-12,31H,5,13-14H2,1-4H3. The van der Waals surface area contributed by atoms with Gasteiger partial charge in [-0.15, -0.1) is 11.8 Å². The number of nitrogens with zero attached hydrogens (tertiary/aromatic N) is 3. The molecule has 0 unspecified atom stereocenters. The van der Waals surface area contributed by atoms with Crippen LogP contribution in [0.25, 0.3) is 5.69 Å². The van der Waals surface area contributed by atoms with E-state index in [4.69, 9.17) is 9.47 Å². The largest absolute Gasteiger partial charge is 0.476 e. The maximum absolute atomic E-state index is 12.8. The van der Waals surface area contributed by atoms with Crippen LogP contribution in [0.15, 0.2) is 47.4 Å². The van der Waals surface area contributed by atoms with Crippen LogP contribution in [0.1, 0.15) is 43.3 Å². The van der Waals surface area contributed by atoms with Crippen LogP contribution in [-0.4, -0.2) is 38.3 Å². The number of hydrogen-bond acceptors (Lipinski definition) is 7. The number of hydrogen-bond donors (Lipinski definition) is 1. The quantitative estimate of drug-likeness (QED) is 0.317. The lowest BCUT2D eigenvalue weighted by atomic mass is 10.1. The Labute approximate surface area is 205 Å². The third-order valence-electron chi connectivity index (χ3n) is 4.99. The third kappa shape index (κ3) is 6.55. The number of thioether (sulfide) groups is 1. The number of esters is 1. The summed E-state index contributed by atoms with van der Waals surface area (Å²) in [6.45, 7) is 6.79. The minimum absolute atomic E-state index is 0.263. The number of rotatable bonds is 9. The van der Waals surface area contributed by atoms with Gasteiger partial charge >= 0.3 is 12.1 Å². The van der Waals surface area contributed by atoms with Crippen LogP contribution in [0.2, 0.25) is 0 Å². The summed E-state index contributed by atoms with van der Waals surface area (Å²) in [6.07, 6.45) is -4.43. The van der Waals surface area contributed by atoms with Gasteiger partial charge in [-0.25, -0.2) is 4.79 Å². The first-order valence-corrected chi connectivity index (χ1v) is 11.8. The second-order valence-corrected chi connectivity index (χ2v) is 9.18. The molecule has 35 heavy (non-hydrogen) atoms. The van der Waals surface area contributed by atoms with Crippen LogP contribution < -0.4 is 4.74 Å². The summed E-state index contributed by atoms with van der Waals surface area (Å²) in [5.41, 5.74) is 0.125. The Morgan fingerprint density at radius 3 is 2.31 bits per heavy atom. The highest BCUT2D eigenvalue weighted by molar-refractivity contribution is 7.98. The fourth-order valence-corrected chi connectivity index (χ4v) is 4.05. The zero-order valence-electron chi connectivity index (χ0n) is 19.7. The molecule has 7 nitrogen and oxygen atoms in total. The fourth-order valence-electron chi connectivity index (χ4n) is 3.10. The van der Waals surface area contributed by atoms with E-state index in [1.54, 1.807) is 26.8 Å². The average molecular weight is 510 g/mol. The van der Waals surface area contributed by atoms with Gasteiger partial charge in [-0.05, 0) is 75.7 Å². The minimum Gasteiger partial charge on any atom is -0.476 e. The molecule has 0 atom stereocenters. The first-order chi connectivity index (χ1) is 16.4. The predicted molar refractivity (Wildman–Crippen MR) is 124 cm³/mol. The Balaban J connectivity index is 1.71. The highest BCUT2D eigenvalue weighted by atomic mass is 32.2. The number of carbonyl (C=O) groups is 1. The van der Waals surface area contributed by atoms with Gasteiger partial charge in [0.25, 0.3) is 0 Å². The number of alkyl halides is 3. The van der Waals surface area contributed by atoms with Crippen molar-refractivity contribution in [1.29, 1.82) is 0 Å². The van der Waals surface area contributed by atoms with Gasteiger partial charge in [-0.1, -0.05) is 0 Å². The molecule has 1 heterocycles. The topological polar surface area (TPSA) is 86.5 Å². The van der Waals surface area contributed by atoms with Crippen molar-refractivity contribution in [2.75, 3.05) is 6.61 Å². The molecular weight excluding hydrogens is 483 g/mol. The molecule has 0 bridgehead atoms. The Kier molecular flexibility index (Phi) is 8.11. The van der Waals surface area contributed by atoms with Crippen LogP contribution >= 0.6 is 11.8 Å². The second-order valence-electron chi connectivity index (χ2n) is 8.13.